The van der Waals surface area contributed by atoms with Crippen molar-refractivity contribution in [2.75, 3.05) is 11.9 Å². The Labute approximate surface area is 105 Å². The summed E-state index contributed by atoms with van der Waals surface area (Å²) in [6.45, 7) is 12.6. The van der Waals surface area contributed by atoms with Gasteiger partial charge in [-0.1, -0.05) is 6.92 Å². The molecule has 0 radical (unpaired) electrons. The molecule has 1 heterocycles. The van der Waals surface area contributed by atoms with E-state index < -0.39 is 0 Å². The topological polar surface area (TPSA) is 37.0 Å². The van der Waals surface area contributed by atoms with Crippen molar-refractivity contribution in [3.8, 4) is 0 Å². The van der Waals surface area contributed by atoms with E-state index in [1.807, 2.05) is 6.92 Å². The Balaban J connectivity index is 2.68. The maximum atomic E-state index is 4.48. The lowest BCUT2D eigenvalue weighted by atomic mass is 10.1. The van der Waals surface area contributed by atoms with Gasteiger partial charge in [0.05, 0.1) is 0 Å². The molecule has 0 spiro atoms. The van der Waals surface area contributed by atoms with Crippen LogP contribution in [0.5, 0.6) is 0 Å². The fourth-order valence-electron chi connectivity index (χ4n) is 1.55. The summed E-state index contributed by atoms with van der Waals surface area (Å²) in [7, 11) is 0. The van der Waals surface area contributed by atoms with E-state index in [4.69, 9.17) is 0 Å². The van der Waals surface area contributed by atoms with Crippen LogP contribution in [0.4, 0.5) is 5.82 Å². The van der Waals surface area contributed by atoms with Gasteiger partial charge in [-0.2, -0.15) is 0 Å². The largest absolute Gasteiger partial charge is 0.370 e. The van der Waals surface area contributed by atoms with Gasteiger partial charge < -0.3 is 10.6 Å². The van der Waals surface area contributed by atoms with Gasteiger partial charge in [0.15, 0.2) is 0 Å². The summed E-state index contributed by atoms with van der Waals surface area (Å²) >= 11 is 0. The lowest BCUT2D eigenvalue weighted by molar-refractivity contribution is 0.424. The molecular weight excluding hydrogens is 210 g/mol. The fraction of sp³-hybridized carbons (Fsp3) is 0.643. The van der Waals surface area contributed by atoms with Gasteiger partial charge >= 0.3 is 0 Å². The Bertz CT molecular complexity index is 353. The molecule has 0 atom stereocenters. The molecule has 17 heavy (non-hydrogen) atoms. The van der Waals surface area contributed by atoms with Crippen LogP contribution in [0.2, 0.25) is 0 Å². The van der Waals surface area contributed by atoms with Crippen LogP contribution in [-0.2, 0) is 6.54 Å². The van der Waals surface area contributed by atoms with Crippen molar-refractivity contribution in [3.63, 3.8) is 0 Å². The van der Waals surface area contributed by atoms with Crippen molar-refractivity contribution in [2.45, 2.75) is 53.1 Å². The highest BCUT2D eigenvalue weighted by Gasteiger charge is 2.09. The summed E-state index contributed by atoms with van der Waals surface area (Å²) in [4.78, 5) is 4.48. The first kappa shape index (κ1) is 14.0. The van der Waals surface area contributed by atoms with E-state index in [2.05, 4.69) is 55.4 Å². The number of nitrogens with one attached hydrogen (secondary N) is 2. The van der Waals surface area contributed by atoms with Gasteiger partial charge in [0.2, 0.25) is 0 Å². The predicted octanol–water partition coefficient (Wildman–Crippen LogP) is 3.10. The first-order chi connectivity index (χ1) is 7.90. The van der Waals surface area contributed by atoms with Crippen LogP contribution < -0.4 is 10.6 Å². The molecule has 1 rings (SSSR count). The molecule has 2 N–H and O–H groups in total. The third-order valence-electron chi connectivity index (χ3n) is 2.39. The fourth-order valence-corrected chi connectivity index (χ4v) is 1.55. The second kappa shape index (κ2) is 6.01. The molecule has 0 amide bonds. The summed E-state index contributed by atoms with van der Waals surface area (Å²) in [5, 5.41) is 6.83. The number of pyridine rings is 1. The third-order valence-corrected chi connectivity index (χ3v) is 2.39. The number of rotatable bonds is 5. The summed E-state index contributed by atoms with van der Waals surface area (Å²) in [6, 6.07) is 4.26. The average molecular weight is 235 g/mol. The Kier molecular flexibility index (Phi) is 4.94. The maximum Gasteiger partial charge on any atom is 0.126 e. The number of nitrogens with zero attached hydrogens (tertiary/aromatic N) is 1. The molecule has 0 saturated heterocycles. The highest BCUT2D eigenvalue weighted by molar-refractivity contribution is 5.39. The quantitative estimate of drug-likeness (QED) is 0.823. The third kappa shape index (κ3) is 5.68. The van der Waals surface area contributed by atoms with Gasteiger partial charge in [-0.05, 0) is 51.8 Å². The smallest absolute Gasteiger partial charge is 0.126 e. The van der Waals surface area contributed by atoms with Crippen LogP contribution in [0.3, 0.4) is 0 Å². The van der Waals surface area contributed by atoms with Gasteiger partial charge in [-0.15, -0.1) is 0 Å². The van der Waals surface area contributed by atoms with Crippen molar-refractivity contribution >= 4 is 5.82 Å². The van der Waals surface area contributed by atoms with E-state index in [0.29, 0.717) is 0 Å². The zero-order chi connectivity index (χ0) is 12.9. The van der Waals surface area contributed by atoms with Gasteiger partial charge in [-0.25, -0.2) is 4.98 Å². The summed E-state index contributed by atoms with van der Waals surface area (Å²) < 4.78 is 0. The molecule has 3 heteroatoms. The van der Waals surface area contributed by atoms with Crippen molar-refractivity contribution in [3.05, 3.63) is 23.4 Å². The summed E-state index contributed by atoms with van der Waals surface area (Å²) in [5.41, 5.74) is 2.50. The normalized spacial score (nSPS) is 11.6. The van der Waals surface area contributed by atoms with E-state index >= 15 is 0 Å². The molecular formula is C14H25N3. The van der Waals surface area contributed by atoms with E-state index in [1.165, 1.54) is 5.56 Å². The monoisotopic (exact) mass is 235 g/mol. The second-order valence-electron chi connectivity index (χ2n) is 5.53. The van der Waals surface area contributed by atoms with E-state index in [0.717, 1.165) is 31.0 Å². The predicted molar refractivity (Wildman–Crippen MR) is 74.3 cm³/mol. The van der Waals surface area contributed by atoms with Crippen molar-refractivity contribution in [1.82, 2.24) is 10.3 Å². The zero-order valence-electron chi connectivity index (χ0n) is 11.7. The van der Waals surface area contributed by atoms with Crippen LogP contribution in [0.1, 0.15) is 45.4 Å². The first-order valence-electron chi connectivity index (χ1n) is 6.37. The Morgan fingerprint density at radius 1 is 1.24 bits per heavy atom. The zero-order valence-corrected chi connectivity index (χ0v) is 11.7. The Morgan fingerprint density at radius 2 is 1.94 bits per heavy atom. The van der Waals surface area contributed by atoms with E-state index in [1.54, 1.807) is 0 Å². The molecule has 1 aromatic heterocycles. The van der Waals surface area contributed by atoms with Crippen LogP contribution in [0, 0.1) is 6.92 Å². The highest BCUT2D eigenvalue weighted by Crippen LogP contribution is 2.11. The summed E-state index contributed by atoms with van der Waals surface area (Å²) in [6.07, 6.45) is 1.12. The molecule has 0 aliphatic heterocycles. The van der Waals surface area contributed by atoms with Crippen LogP contribution in [0.15, 0.2) is 12.1 Å². The van der Waals surface area contributed by atoms with Crippen LogP contribution in [-0.4, -0.2) is 17.1 Å². The lowest BCUT2D eigenvalue weighted by Crippen LogP contribution is -2.35. The van der Waals surface area contributed by atoms with Crippen molar-refractivity contribution < 1.29 is 0 Å². The summed E-state index contributed by atoms with van der Waals surface area (Å²) in [5.74, 6) is 0.984. The lowest BCUT2D eigenvalue weighted by Gasteiger charge is -2.21. The van der Waals surface area contributed by atoms with Gasteiger partial charge in [-0.3, -0.25) is 0 Å². The number of aromatic nitrogens is 1. The van der Waals surface area contributed by atoms with E-state index in [9.17, 15) is 0 Å². The molecule has 1 aromatic rings. The SMILES string of the molecule is CCCNc1cc(CNC(C)(C)C)cc(C)n1. The van der Waals surface area contributed by atoms with Gasteiger partial charge in [0, 0.05) is 24.3 Å². The number of hydrogen-bond donors (Lipinski definition) is 2. The molecule has 96 valence electrons. The second-order valence-corrected chi connectivity index (χ2v) is 5.53. The minimum Gasteiger partial charge on any atom is -0.370 e. The molecule has 0 bridgehead atoms. The highest BCUT2D eigenvalue weighted by atomic mass is 15.0. The molecule has 0 aromatic carbocycles. The minimum atomic E-state index is 0.147. The van der Waals surface area contributed by atoms with Crippen molar-refractivity contribution in [2.24, 2.45) is 0 Å². The maximum absolute atomic E-state index is 4.48. The van der Waals surface area contributed by atoms with E-state index in [-0.39, 0.29) is 5.54 Å². The van der Waals surface area contributed by atoms with Crippen LogP contribution >= 0.6 is 0 Å². The number of anilines is 1. The molecule has 0 fully saturated rings. The molecule has 0 saturated carbocycles. The van der Waals surface area contributed by atoms with Gasteiger partial charge in [0.1, 0.15) is 5.82 Å². The van der Waals surface area contributed by atoms with Crippen LogP contribution in [0.25, 0.3) is 0 Å². The minimum absolute atomic E-state index is 0.147. The van der Waals surface area contributed by atoms with Gasteiger partial charge in [0.25, 0.3) is 0 Å². The van der Waals surface area contributed by atoms with Crippen molar-refractivity contribution in [1.29, 1.82) is 0 Å². The first-order valence-corrected chi connectivity index (χ1v) is 6.37. The molecule has 3 nitrogen and oxygen atoms in total. The standard InChI is InChI=1S/C14H25N3/c1-6-7-15-13-9-12(8-11(2)17-13)10-16-14(3,4)5/h8-9,16H,6-7,10H2,1-5H3,(H,15,17). The molecule has 0 aliphatic carbocycles. The average Bonchev–Trinajstić information content (AvgIpc) is 2.22. The Morgan fingerprint density at radius 3 is 2.53 bits per heavy atom. The number of aryl methyl sites for hydroxylation is 1. The Hall–Kier alpha value is -1.09. The molecule has 0 aliphatic rings. The number of hydrogen-bond acceptors (Lipinski definition) is 3. The molecule has 0 unspecified atom stereocenters.